The number of aryl methyl sites for hydroxylation is 2. The number of hydrogen-bond donors (Lipinski definition) is 1. The molecular weight excluding hydrogens is 258 g/mol. The van der Waals surface area contributed by atoms with Gasteiger partial charge in [0.1, 0.15) is 0 Å². The van der Waals surface area contributed by atoms with Crippen LogP contribution in [0.2, 0.25) is 0 Å². The highest BCUT2D eigenvalue weighted by Crippen LogP contribution is 2.42. The van der Waals surface area contributed by atoms with Crippen LogP contribution in [-0.4, -0.2) is 5.91 Å². The third-order valence-electron chi connectivity index (χ3n) is 5.18. The fraction of sp³-hybridized carbons (Fsp3) is 0.632. The maximum absolute atomic E-state index is 13.0. The van der Waals surface area contributed by atoms with Gasteiger partial charge in [-0.1, -0.05) is 57.2 Å². The summed E-state index contributed by atoms with van der Waals surface area (Å²) >= 11 is 0. The van der Waals surface area contributed by atoms with E-state index in [0.717, 1.165) is 24.1 Å². The lowest BCUT2D eigenvalue weighted by Crippen LogP contribution is -2.40. The first-order valence-corrected chi connectivity index (χ1v) is 8.34. The van der Waals surface area contributed by atoms with Gasteiger partial charge < -0.3 is 5.32 Å². The smallest absolute Gasteiger partial charge is 0.230 e. The van der Waals surface area contributed by atoms with Gasteiger partial charge in [-0.3, -0.25) is 4.79 Å². The lowest BCUT2D eigenvalue weighted by Gasteiger charge is -2.35. The first kappa shape index (κ1) is 16.1. The molecule has 1 aliphatic rings. The van der Waals surface area contributed by atoms with Gasteiger partial charge in [0.2, 0.25) is 5.91 Å². The van der Waals surface area contributed by atoms with E-state index in [2.05, 4.69) is 45.1 Å². The Morgan fingerprint density at radius 2 is 1.71 bits per heavy atom. The van der Waals surface area contributed by atoms with Crippen LogP contribution >= 0.6 is 0 Å². The highest BCUT2D eigenvalue weighted by atomic mass is 16.2. The van der Waals surface area contributed by atoms with Crippen LogP contribution < -0.4 is 5.32 Å². The minimum absolute atomic E-state index is 0.187. The molecule has 1 aliphatic carbocycles. The van der Waals surface area contributed by atoms with Crippen LogP contribution in [0.15, 0.2) is 18.2 Å². The molecule has 0 spiro atoms. The van der Waals surface area contributed by atoms with Crippen LogP contribution in [-0.2, 0) is 4.79 Å². The fourth-order valence-electron chi connectivity index (χ4n) is 3.63. The second-order valence-corrected chi connectivity index (χ2v) is 7.00. The third-order valence-corrected chi connectivity index (χ3v) is 5.18. The fourth-order valence-corrected chi connectivity index (χ4v) is 3.63. The molecule has 1 N–H and O–H groups in total. The van der Waals surface area contributed by atoms with Crippen molar-refractivity contribution in [2.75, 3.05) is 5.32 Å². The number of rotatable bonds is 3. The summed E-state index contributed by atoms with van der Waals surface area (Å²) in [5.74, 6) is 0.618. The van der Waals surface area contributed by atoms with Crippen molar-refractivity contribution in [3.05, 3.63) is 29.3 Å². The Hall–Kier alpha value is -1.31. The second-order valence-electron chi connectivity index (χ2n) is 7.00. The molecule has 1 fully saturated rings. The van der Waals surface area contributed by atoms with Crippen molar-refractivity contribution in [2.45, 2.75) is 66.2 Å². The second kappa shape index (κ2) is 6.64. The van der Waals surface area contributed by atoms with Gasteiger partial charge >= 0.3 is 0 Å². The van der Waals surface area contributed by atoms with Crippen LogP contribution in [0.5, 0.6) is 0 Å². The summed E-state index contributed by atoms with van der Waals surface area (Å²) in [6.07, 6.45) is 6.95. The largest absolute Gasteiger partial charge is 0.325 e. The Bertz CT molecular complexity index is 496. The summed E-state index contributed by atoms with van der Waals surface area (Å²) < 4.78 is 0. The molecule has 1 amide bonds. The van der Waals surface area contributed by atoms with Crippen LogP contribution in [0.4, 0.5) is 5.69 Å². The van der Waals surface area contributed by atoms with Gasteiger partial charge in [-0.05, 0) is 44.2 Å². The van der Waals surface area contributed by atoms with E-state index in [1.54, 1.807) is 0 Å². The molecule has 116 valence electrons. The Morgan fingerprint density at radius 1 is 1.10 bits per heavy atom. The van der Waals surface area contributed by atoms with E-state index in [9.17, 15) is 4.79 Å². The molecule has 2 rings (SSSR count). The Labute approximate surface area is 129 Å². The molecule has 2 heteroatoms. The van der Waals surface area contributed by atoms with Gasteiger partial charge in [-0.25, -0.2) is 0 Å². The van der Waals surface area contributed by atoms with Gasteiger partial charge in [0, 0.05) is 5.69 Å². The van der Waals surface area contributed by atoms with Gasteiger partial charge in [0.25, 0.3) is 0 Å². The number of amides is 1. The molecule has 0 saturated heterocycles. The number of benzene rings is 1. The van der Waals surface area contributed by atoms with E-state index >= 15 is 0 Å². The molecule has 1 saturated carbocycles. The van der Waals surface area contributed by atoms with Crippen molar-refractivity contribution in [3.63, 3.8) is 0 Å². The number of hydrogen-bond acceptors (Lipinski definition) is 1. The van der Waals surface area contributed by atoms with E-state index in [4.69, 9.17) is 0 Å². The van der Waals surface area contributed by atoms with E-state index in [1.165, 1.54) is 31.2 Å². The lowest BCUT2D eigenvalue weighted by molar-refractivity contribution is -0.129. The highest BCUT2D eigenvalue weighted by Gasteiger charge is 2.41. The van der Waals surface area contributed by atoms with Crippen LogP contribution in [0.1, 0.15) is 63.5 Å². The maximum atomic E-state index is 13.0. The first-order valence-electron chi connectivity index (χ1n) is 8.34. The van der Waals surface area contributed by atoms with E-state index in [1.807, 2.05) is 6.07 Å². The Morgan fingerprint density at radius 3 is 2.24 bits per heavy atom. The summed E-state index contributed by atoms with van der Waals surface area (Å²) in [6.45, 7) is 8.55. The topological polar surface area (TPSA) is 29.1 Å². The van der Waals surface area contributed by atoms with Crippen molar-refractivity contribution < 1.29 is 4.79 Å². The molecule has 21 heavy (non-hydrogen) atoms. The van der Waals surface area contributed by atoms with Crippen LogP contribution in [0.25, 0.3) is 0 Å². The molecule has 0 aromatic heterocycles. The molecule has 0 unspecified atom stereocenters. The van der Waals surface area contributed by atoms with Gasteiger partial charge in [-0.2, -0.15) is 0 Å². The van der Waals surface area contributed by atoms with Crippen LogP contribution in [0, 0.1) is 25.2 Å². The minimum atomic E-state index is -0.187. The van der Waals surface area contributed by atoms with Crippen LogP contribution in [0.3, 0.4) is 0 Å². The summed E-state index contributed by atoms with van der Waals surface area (Å²) in [5.41, 5.74) is 3.16. The van der Waals surface area contributed by atoms with Gasteiger partial charge in [0.05, 0.1) is 5.41 Å². The maximum Gasteiger partial charge on any atom is 0.230 e. The summed E-state index contributed by atoms with van der Waals surface area (Å²) in [7, 11) is 0. The van der Waals surface area contributed by atoms with Gasteiger partial charge in [0.15, 0.2) is 0 Å². The zero-order valence-corrected chi connectivity index (χ0v) is 14.0. The number of anilines is 1. The van der Waals surface area contributed by atoms with E-state index in [0.29, 0.717) is 5.92 Å². The SMILES string of the molecule is Cc1ccc(NC(=O)C2(C(C)C)CCCCCC2)c(C)c1. The van der Waals surface area contributed by atoms with Crippen molar-refractivity contribution in [2.24, 2.45) is 11.3 Å². The minimum Gasteiger partial charge on any atom is -0.325 e. The normalized spacial score (nSPS) is 18.3. The summed E-state index contributed by atoms with van der Waals surface area (Å²) in [4.78, 5) is 13.0. The predicted molar refractivity (Wildman–Crippen MR) is 89.5 cm³/mol. The van der Waals surface area contributed by atoms with Crippen molar-refractivity contribution in [1.29, 1.82) is 0 Å². The molecule has 0 bridgehead atoms. The summed E-state index contributed by atoms with van der Waals surface area (Å²) in [6, 6.07) is 6.23. The highest BCUT2D eigenvalue weighted by molar-refractivity contribution is 5.96. The number of carbonyl (C=O) groups excluding carboxylic acids is 1. The molecule has 2 nitrogen and oxygen atoms in total. The van der Waals surface area contributed by atoms with Gasteiger partial charge in [-0.15, -0.1) is 0 Å². The standard InChI is InChI=1S/C19H29NO/c1-14(2)19(11-7-5-6-8-12-19)18(21)20-17-10-9-15(3)13-16(17)4/h9-10,13-14H,5-8,11-12H2,1-4H3,(H,20,21). The Kier molecular flexibility index (Phi) is 5.08. The van der Waals surface area contributed by atoms with E-state index in [-0.39, 0.29) is 11.3 Å². The zero-order chi connectivity index (χ0) is 15.5. The molecule has 1 aromatic rings. The average Bonchev–Trinajstić information content (AvgIpc) is 2.68. The lowest BCUT2D eigenvalue weighted by atomic mass is 9.70. The molecule has 0 aliphatic heterocycles. The van der Waals surface area contributed by atoms with Crippen molar-refractivity contribution in [3.8, 4) is 0 Å². The van der Waals surface area contributed by atoms with E-state index < -0.39 is 0 Å². The zero-order valence-electron chi connectivity index (χ0n) is 14.0. The first-order chi connectivity index (χ1) is 9.95. The average molecular weight is 287 g/mol. The molecular formula is C19H29NO. The predicted octanol–water partition coefficient (Wildman–Crippen LogP) is 5.24. The Balaban J connectivity index is 2.22. The van der Waals surface area contributed by atoms with Crippen molar-refractivity contribution in [1.82, 2.24) is 0 Å². The number of nitrogens with one attached hydrogen (secondary N) is 1. The third kappa shape index (κ3) is 3.48. The number of carbonyl (C=O) groups is 1. The molecule has 0 atom stereocenters. The molecule has 1 aromatic carbocycles. The monoisotopic (exact) mass is 287 g/mol. The quantitative estimate of drug-likeness (QED) is 0.757. The van der Waals surface area contributed by atoms with Crippen molar-refractivity contribution >= 4 is 11.6 Å². The molecule has 0 heterocycles. The summed E-state index contributed by atoms with van der Waals surface area (Å²) in [5, 5.41) is 3.22. The molecule has 0 radical (unpaired) electrons.